The van der Waals surface area contributed by atoms with Gasteiger partial charge >= 0.3 is 5.97 Å². The maximum Gasteiger partial charge on any atom is 0.328 e. The predicted molar refractivity (Wildman–Crippen MR) is 123 cm³/mol. The number of carbonyl (C=O) groups excluding carboxylic acids is 2. The van der Waals surface area contributed by atoms with Crippen molar-refractivity contribution in [2.24, 2.45) is 0 Å². The first-order chi connectivity index (χ1) is 16.1. The van der Waals surface area contributed by atoms with Gasteiger partial charge in [0.15, 0.2) is 0 Å². The molecule has 1 amide bonds. The lowest BCUT2D eigenvalue weighted by molar-refractivity contribution is -0.384. The molecule has 182 valence electrons. The molecule has 11 heteroatoms. The number of esters is 1. The summed E-state index contributed by atoms with van der Waals surface area (Å²) in [6.07, 6.45) is 0.875. The van der Waals surface area contributed by atoms with Gasteiger partial charge in [-0.2, -0.15) is 4.31 Å². The van der Waals surface area contributed by atoms with Gasteiger partial charge in [-0.05, 0) is 44.4 Å². The summed E-state index contributed by atoms with van der Waals surface area (Å²) in [7, 11) is -3.90. The number of aryl methyl sites for hydroxylation is 1. The lowest BCUT2D eigenvalue weighted by Gasteiger charge is -2.25. The molecule has 0 saturated carbocycles. The number of nitrogens with one attached hydrogen (secondary N) is 1. The summed E-state index contributed by atoms with van der Waals surface area (Å²) in [4.78, 5) is 36.1. The Labute approximate surface area is 198 Å². The second-order valence-electron chi connectivity index (χ2n) is 8.03. The Hall–Kier alpha value is -3.31. The largest absolute Gasteiger partial charge is 0.464 e. The van der Waals surface area contributed by atoms with E-state index in [0.717, 1.165) is 5.56 Å². The Balaban J connectivity index is 1.78. The average molecular weight is 490 g/mol. The number of hydrogen-bond acceptors (Lipinski definition) is 7. The van der Waals surface area contributed by atoms with Crippen LogP contribution in [0.4, 0.5) is 5.69 Å². The van der Waals surface area contributed by atoms with Crippen LogP contribution in [-0.4, -0.2) is 54.8 Å². The molecule has 1 saturated heterocycles. The number of ether oxygens (including phenoxy) is 1. The van der Waals surface area contributed by atoms with Crippen molar-refractivity contribution in [3.8, 4) is 0 Å². The van der Waals surface area contributed by atoms with Crippen LogP contribution in [0.2, 0.25) is 0 Å². The molecule has 34 heavy (non-hydrogen) atoms. The summed E-state index contributed by atoms with van der Waals surface area (Å²) in [5.41, 5.74) is 1.40. The Morgan fingerprint density at radius 1 is 1.18 bits per heavy atom. The van der Waals surface area contributed by atoms with Gasteiger partial charge in [-0.15, -0.1) is 0 Å². The molecule has 1 fully saturated rings. The molecule has 2 aromatic rings. The van der Waals surface area contributed by atoms with Crippen LogP contribution in [0.15, 0.2) is 53.4 Å². The highest BCUT2D eigenvalue weighted by atomic mass is 32.2. The highest BCUT2D eigenvalue weighted by Gasteiger charge is 2.40. The fourth-order valence-corrected chi connectivity index (χ4v) is 5.49. The molecule has 0 radical (unpaired) electrons. The van der Waals surface area contributed by atoms with Gasteiger partial charge < -0.3 is 10.1 Å². The van der Waals surface area contributed by atoms with Crippen molar-refractivity contribution in [3.05, 3.63) is 69.8 Å². The zero-order valence-electron chi connectivity index (χ0n) is 19.0. The van der Waals surface area contributed by atoms with Crippen molar-refractivity contribution < 1.29 is 27.7 Å². The number of nitro groups is 1. The fourth-order valence-electron chi connectivity index (χ4n) is 3.83. The van der Waals surface area contributed by atoms with Gasteiger partial charge in [0.25, 0.3) is 5.69 Å². The van der Waals surface area contributed by atoms with Crippen LogP contribution in [0, 0.1) is 17.0 Å². The molecule has 0 aromatic heterocycles. The minimum absolute atomic E-state index is 0.0417. The molecule has 2 aromatic carbocycles. The number of rotatable bonds is 9. The first kappa shape index (κ1) is 25.3. The van der Waals surface area contributed by atoms with Crippen molar-refractivity contribution >= 4 is 27.6 Å². The average Bonchev–Trinajstić information content (AvgIpc) is 3.30. The Kier molecular flexibility index (Phi) is 8.00. The molecule has 2 atom stereocenters. The fraction of sp³-hybridized carbons (Fsp3) is 0.391. The van der Waals surface area contributed by atoms with Crippen LogP contribution in [-0.2, 0) is 30.8 Å². The van der Waals surface area contributed by atoms with Gasteiger partial charge in [-0.3, -0.25) is 14.9 Å². The number of nitro benzene ring substituents is 1. The summed E-state index contributed by atoms with van der Waals surface area (Å²) in [6.45, 7) is 3.78. The number of sulfonamides is 1. The Morgan fingerprint density at radius 2 is 1.82 bits per heavy atom. The van der Waals surface area contributed by atoms with Gasteiger partial charge in [0.1, 0.15) is 12.1 Å². The molecule has 1 aliphatic rings. The monoisotopic (exact) mass is 489 g/mol. The molecule has 1 heterocycles. The molecule has 10 nitrogen and oxygen atoms in total. The summed E-state index contributed by atoms with van der Waals surface area (Å²) in [5, 5.41) is 13.5. The summed E-state index contributed by atoms with van der Waals surface area (Å²) in [6, 6.07) is 10.00. The lowest BCUT2D eigenvalue weighted by Crippen LogP contribution is -2.51. The zero-order chi connectivity index (χ0) is 24.9. The minimum atomic E-state index is -3.90. The number of nitrogens with zero attached hydrogens (tertiary/aromatic N) is 2. The lowest BCUT2D eigenvalue weighted by atomic mass is 10.0. The molecule has 0 bridgehead atoms. The van der Waals surface area contributed by atoms with E-state index in [1.807, 2.05) is 6.92 Å². The number of benzene rings is 2. The van der Waals surface area contributed by atoms with Crippen molar-refractivity contribution in [2.75, 3.05) is 13.2 Å². The molecule has 0 spiro atoms. The van der Waals surface area contributed by atoms with E-state index in [4.69, 9.17) is 4.74 Å². The van der Waals surface area contributed by atoms with Crippen LogP contribution in [0.25, 0.3) is 0 Å². The molecular formula is C23H27N3O7S. The second kappa shape index (κ2) is 10.7. The van der Waals surface area contributed by atoms with E-state index in [-0.39, 0.29) is 30.2 Å². The summed E-state index contributed by atoms with van der Waals surface area (Å²) < 4.78 is 32.6. The standard InChI is InChI=1S/C23H27N3O7S/c1-3-33-23(28)20(15-17-8-10-18(11-9-17)26(29)30)24-22(27)21-5-4-14-25(21)34(31,32)19-12-6-16(2)7-13-19/h6-13,20-21H,3-5,14-15H2,1-2H3,(H,24,27)/t20-,21-/m0/s1. The molecular weight excluding hydrogens is 462 g/mol. The number of amides is 1. The van der Waals surface area contributed by atoms with E-state index < -0.39 is 38.9 Å². The van der Waals surface area contributed by atoms with Crippen molar-refractivity contribution in [2.45, 2.75) is 50.1 Å². The topological polar surface area (TPSA) is 136 Å². The van der Waals surface area contributed by atoms with E-state index >= 15 is 0 Å². The van der Waals surface area contributed by atoms with E-state index in [1.165, 1.54) is 40.7 Å². The quantitative estimate of drug-likeness (QED) is 0.324. The third kappa shape index (κ3) is 5.78. The van der Waals surface area contributed by atoms with Crippen LogP contribution in [0.1, 0.15) is 30.9 Å². The second-order valence-corrected chi connectivity index (χ2v) is 9.92. The molecule has 3 rings (SSSR count). The van der Waals surface area contributed by atoms with Crippen LogP contribution < -0.4 is 5.32 Å². The summed E-state index contributed by atoms with van der Waals surface area (Å²) >= 11 is 0. The first-order valence-corrected chi connectivity index (χ1v) is 12.4. The Bertz CT molecular complexity index is 1150. The van der Waals surface area contributed by atoms with Gasteiger partial charge in [-0.25, -0.2) is 13.2 Å². The predicted octanol–water partition coefficient (Wildman–Crippen LogP) is 2.35. The SMILES string of the molecule is CCOC(=O)[C@H](Cc1ccc([N+](=O)[O-])cc1)NC(=O)[C@@H]1CCCN1S(=O)(=O)c1ccc(C)cc1. The third-order valence-corrected chi connectivity index (χ3v) is 7.53. The third-order valence-electron chi connectivity index (χ3n) is 5.61. The smallest absolute Gasteiger partial charge is 0.328 e. The molecule has 1 N–H and O–H groups in total. The maximum absolute atomic E-state index is 13.2. The van der Waals surface area contributed by atoms with Gasteiger partial charge in [0.2, 0.25) is 15.9 Å². The highest BCUT2D eigenvalue weighted by molar-refractivity contribution is 7.89. The molecule has 1 aliphatic heterocycles. The van der Waals surface area contributed by atoms with E-state index in [2.05, 4.69) is 5.32 Å². The normalized spacial score (nSPS) is 17.2. The zero-order valence-corrected chi connectivity index (χ0v) is 19.8. The van der Waals surface area contributed by atoms with Crippen LogP contribution >= 0.6 is 0 Å². The van der Waals surface area contributed by atoms with Crippen molar-refractivity contribution in [1.29, 1.82) is 0 Å². The number of hydrogen-bond donors (Lipinski definition) is 1. The Morgan fingerprint density at radius 3 is 2.41 bits per heavy atom. The van der Waals surface area contributed by atoms with Gasteiger partial charge in [-0.1, -0.05) is 29.8 Å². The molecule has 0 aliphatic carbocycles. The number of non-ortho nitro benzene ring substituents is 1. The summed E-state index contributed by atoms with van der Waals surface area (Å²) in [5.74, 6) is -1.26. The van der Waals surface area contributed by atoms with E-state index in [0.29, 0.717) is 18.4 Å². The van der Waals surface area contributed by atoms with Crippen LogP contribution in [0.3, 0.4) is 0 Å². The number of carbonyl (C=O) groups is 2. The van der Waals surface area contributed by atoms with Gasteiger partial charge in [0, 0.05) is 25.1 Å². The molecule has 0 unspecified atom stereocenters. The van der Waals surface area contributed by atoms with Crippen molar-refractivity contribution in [1.82, 2.24) is 9.62 Å². The van der Waals surface area contributed by atoms with E-state index in [9.17, 15) is 28.1 Å². The minimum Gasteiger partial charge on any atom is -0.464 e. The van der Waals surface area contributed by atoms with Gasteiger partial charge in [0.05, 0.1) is 16.4 Å². The van der Waals surface area contributed by atoms with Crippen molar-refractivity contribution in [3.63, 3.8) is 0 Å². The highest BCUT2D eigenvalue weighted by Crippen LogP contribution is 2.26. The van der Waals surface area contributed by atoms with Crippen LogP contribution in [0.5, 0.6) is 0 Å². The van der Waals surface area contributed by atoms with E-state index in [1.54, 1.807) is 19.1 Å². The maximum atomic E-state index is 13.2. The first-order valence-electron chi connectivity index (χ1n) is 10.9.